The summed E-state index contributed by atoms with van der Waals surface area (Å²) in [5, 5.41) is 2.94. The number of aryl methyl sites for hydroxylation is 1. The molecule has 0 aliphatic carbocycles. The van der Waals surface area contributed by atoms with Gasteiger partial charge in [0.25, 0.3) is 5.91 Å². The molecule has 3 rings (SSSR count). The van der Waals surface area contributed by atoms with Crippen molar-refractivity contribution in [2.75, 3.05) is 16.8 Å². The van der Waals surface area contributed by atoms with Crippen LogP contribution in [0.25, 0.3) is 0 Å². The molecule has 0 aliphatic heterocycles. The molecule has 1 aromatic heterocycles. The maximum Gasteiger partial charge on any atom is 0.257 e. The molecule has 29 heavy (non-hydrogen) atoms. The number of amides is 1. The van der Waals surface area contributed by atoms with Gasteiger partial charge < -0.3 is 15.0 Å². The van der Waals surface area contributed by atoms with Crippen LogP contribution in [0.15, 0.2) is 67.0 Å². The molecular weight excluding hydrogens is 362 g/mol. The second-order valence-corrected chi connectivity index (χ2v) is 7.13. The van der Waals surface area contributed by atoms with Crippen LogP contribution in [-0.4, -0.2) is 23.5 Å². The lowest BCUT2D eigenvalue weighted by Crippen LogP contribution is -2.18. The lowest BCUT2D eigenvalue weighted by atomic mass is 10.1. The van der Waals surface area contributed by atoms with Gasteiger partial charge in [0.2, 0.25) is 0 Å². The molecule has 0 saturated heterocycles. The number of pyridine rings is 1. The summed E-state index contributed by atoms with van der Waals surface area (Å²) in [6.45, 7) is 8.82. The van der Waals surface area contributed by atoms with Gasteiger partial charge in [-0.05, 0) is 63.6 Å². The molecule has 1 heterocycles. The summed E-state index contributed by atoms with van der Waals surface area (Å²) in [6, 6.07) is 17.6. The zero-order valence-corrected chi connectivity index (χ0v) is 17.3. The number of carbonyl (C=O) groups excluding carboxylic acids is 1. The molecule has 0 unspecified atom stereocenters. The Morgan fingerprint density at radius 3 is 2.59 bits per heavy atom. The second-order valence-electron chi connectivity index (χ2n) is 7.13. The molecular formula is C24H27N3O2. The Kier molecular flexibility index (Phi) is 6.50. The molecule has 5 heteroatoms. The van der Waals surface area contributed by atoms with Crippen LogP contribution in [0.5, 0.6) is 5.75 Å². The third-order valence-electron chi connectivity index (χ3n) is 4.43. The number of rotatable bonds is 7. The molecule has 0 saturated carbocycles. The van der Waals surface area contributed by atoms with E-state index in [2.05, 4.69) is 47.2 Å². The molecule has 0 radical (unpaired) electrons. The largest absolute Gasteiger partial charge is 0.489 e. The van der Waals surface area contributed by atoms with Crippen molar-refractivity contribution in [3.8, 4) is 5.75 Å². The minimum atomic E-state index is -0.223. The van der Waals surface area contributed by atoms with Crippen LogP contribution in [0.4, 0.5) is 17.1 Å². The van der Waals surface area contributed by atoms with Crippen LogP contribution >= 0.6 is 0 Å². The van der Waals surface area contributed by atoms with Crippen LogP contribution in [0.1, 0.15) is 36.7 Å². The lowest BCUT2D eigenvalue weighted by molar-refractivity contribution is 0.102. The Labute approximate surface area is 172 Å². The van der Waals surface area contributed by atoms with E-state index in [1.165, 1.54) is 5.56 Å². The molecule has 0 bridgehead atoms. The van der Waals surface area contributed by atoms with Crippen molar-refractivity contribution in [2.24, 2.45) is 0 Å². The Bertz CT molecular complexity index is 985. The molecule has 1 amide bonds. The number of nitrogens with one attached hydrogen (secondary N) is 1. The van der Waals surface area contributed by atoms with E-state index in [0.29, 0.717) is 17.0 Å². The molecule has 0 atom stereocenters. The lowest BCUT2D eigenvalue weighted by Gasteiger charge is -2.23. The number of benzene rings is 2. The first kappa shape index (κ1) is 20.4. The van der Waals surface area contributed by atoms with Crippen LogP contribution < -0.4 is 15.0 Å². The summed E-state index contributed by atoms with van der Waals surface area (Å²) in [7, 11) is 0. The molecule has 2 aromatic carbocycles. The monoisotopic (exact) mass is 389 g/mol. The van der Waals surface area contributed by atoms with Crippen molar-refractivity contribution in [2.45, 2.75) is 33.8 Å². The van der Waals surface area contributed by atoms with Gasteiger partial charge in [-0.25, -0.2) is 0 Å². The van der Waals surface area contributed by atoms with Crippen molar-refractivity contribution >= 4 is 23.0 Å². The van der Waals surface area contributed by atoms with Crippen molar-refractivity contribution in [1.29, 1.82) is 0 Å². The Balaban J connectivity index is 1.85. The van der Waals surface area contributed by atoms with Gasteiger partial charge in [0.1, 0.15) is 5.75 Å². The molecule has 0 aliphatic rings. The zero-order valence-electron chi connectivity index (χ0n) is 17.3. The topological polar surface area (TPSA) is 54.5 Å². The highest BCUT2D eigenvalue weighted by atomic mass is 16.5. The van der Waals surface area contributed by atoms with E-state index in [1.54, 1.807) is 12.4 Å². The third kappa shape index (κ3) is 5.13. The average molecular weight is 389 g/mol. The predicted octanol–water partition coefficient (Wildman–Crippen LogP) is 5.59. The number of anilines is 3. The minimum Gasteiger partial charge on any atom is -0.489 e. The van der Waals surface area contributed by atoms with Crippen molar-refractivity contribution < 1.29 is 9.53 Å². The average Bonchev–Trinajstić information content (AvgIpc) is 2.70. The van der Waals surface area contributed by atoms with Gasteiger partial charge in [0, 0.05) is 18.4 Å². The van der Waals surface area contributed by atoms with Gasteiger partial charge in [-0.1, -0.05) is 24.3 Å². The molecule has 1 N–H and O–H groups in total. The van der Waals surface area contributed by atoms with Gasteiger partial charge in [-0.3, -0.25) is 9.78 Å². The van der Waals surface area contributed by atoms with E-state index >= 15 is 0 Å². The predicted molar refractivity (Wildman–Crippen MR) is 118 cm³/mol. The quantitative estimate of drug-likeness (QED) is 0.572. The number of para-hydroxylation sites is 2. The first-order chi connectivity index (χ1) is 14.0. The fraction of sp³-hybridized carbons (Fsp3) is 0.250. The standard InChI is InChI=1S/C24H27N3O2/c1-5-27(20-10-8-9-18(4)13-20)21-14-19(15-25-16-21)24(28)26-22-11-6-7-12-23(22)29-17(2)3/h6-17H,5H2,1-4H3,(H,26,28). The summed E-state index contributed by atoms with van der Waals surface area (Å²) in [5.74, 6) is 0.425. The van der Waals surface area contributed by atoms with Gasteiger partial charge in [-0.15, -0.1) is 0 Å². The molecule has 0 fully saturated rings. The number of hydrogen-bond donors (Lipinski definition) is 1. The van der Waals surface area contributed by atoms with Gasteiger partial charge in [0.15, 0.2) is 0 Å². The smallest absolute Gasteiger partial charge is 0.257 e. The van der Waals surface area contributed by atoms with E-state index in [9.17, 15) is 4.79 Å². The van der Waals surface area contributed by atoms with Crippen molar-refractivity contribution in [1.82, 2.24) is 4.98 Å². The van der Waals surface area contributed by atoms with Crippen molar-refractivity contribution in [3.63, 3.8) is 0 Å². The highest BCUT2D eigenvalue weighted by Gasteiger charge is 2.14. The molecule has 0 spiro atoms. The van der Waals surface area contributed by atoms with Crippen LogP contribution in [0.2, 0.25) is 0 Å². The fourth-order valence-electron chi connectivity index (χ4n) is 3.13. The molecule has 3 aromatic rings. The van der Waals surface area contributed by atoms with Gasteiger partial charge in [0.05, 0.1) is 29.2 Å². The normalized spacial score (nSPS) is 10.7. The Morgan fingerprint density at radius 1 is 1.07 bits per heavy atom. The van der Waals surface area contributed by atoms with Crippen LogP contribution in [0, 0.1) is 6.92 Å². The first-order valence-corrected chi connectivity index (χ1v) is 9.84. The van der Waals surface area contributed by atoms with Gasteiger partial charge in [-0.2, -0.15) is 0 Å². The number of carbonyl (C=O) groups is 1. The number of nitrogens with zero attached hydrogens (tertiary/aromatic N) is 2. The summed E-state index contributed by atoms with van der Waals surface area (Å²) in [5.41, 5.74) is 4.26. The summed E-state index contributed by atoms with van der Waals surface area (Å²) in [6.07, 6.45) is 3.37. The SMILES string of the molecule is CCN(c1cccc(C)c1)c1cncc(C(=O)Nc2ccccc2OC(C)C)c1. The van der Waals surface area contributed by atoms with E-state index in [4.69, 9.17) is 4.74 Å². The second kappa shape index (κ2) is 9.24. The zero-order chi connectivity index (χ0) is 20.8. The maximum atomic E-state index is 12.9. The maximum absolute atomic E-state index is 12.9. The summed E-state index contributed by atoms with van der Waals surface area (Å²) >= 11 is 0. The van der Waals surface area contributed by atoms with E-state index < -0.39 is 0 Å². The van der Waals surface area contributed by atoms with E-state index in [0.717, 1.165) is 17.9 Å². The van der Waals surface area contributed by atoms with E-state index in [1.807, 2.05) is 50.2 Å². The third-order valence-corrected chi connectivity index (χ3v) is 4.43. The highest BCUT2D eigenvalue weighted by Crippen LogP contribution is 2.28. The highest BCUT2D eigenvalue weighted by molar-refractivity contribution is 6.05. The van der Waals surface area contributed by atoms with Crippen LogP contribution in [-0.2, 0) is 0 Å². The summed E-state index contributed by atoms with van der Waals surface area (Å²) < 4.78 is 5.79. The van der Waals surface area contributed by atoms with E-state index in [-0.39, 0.29) is 12.0 Å². The van der Waals surface area contributed by atoms with Crippen molar-refractivity contribution in [3.05, 3.63) is 78.1 Å². The molecule has 5 nitrogen and oxygen atoms in total. The van der Waals surface area contributed by atoms with Gasteiger partial charge >= 0.3 is 0 Å². The number of hydrogen-bond acceptors (Lipinski definition) is 4. The first-order valence-electron chi connectivity index (χ1n) is 9.84. The Hall–Kier alpha value is -3.34. The fourth-order valence-corrected chi connectivity index (χ4v) is 3.13. The number of aromatic nitrogens is 1. The number of ether oxygens (including phenoxy) is 1. The van der Waals surface area contributed by atoms with Crippen LogP contribution in [0.3, 0.4) is 0 Å². The Morgan fingerprint density at radius 2 is 1.86 bits per heavy atom. The minimum absolute atomic E-state index is 0.0190. The summed E-state index contributed by atoms with van der Waals surface area (Å²) in [4.78, 5) is 19.3. The molecule has 150 valence electrons.